The molecule has 5 nitrogen and oxygen atoms in total. The highest BCUT2D eigenvalue weighted by atomic mass is 16.5. The predicted molar refractivity (Wildman–Crippen MR) is 120 cm³/mol. The number of aryl methyl sites for hydroxylation is 1. The molecule has 31 heavy (non-hydrogen) atoms. The molecule has 0 radical (unpaired) electrons. The van der Waals surface area contributed by atoms with Crippen LogP contribution in [0.3, 0.4) is 0 Å². The molecular weight excluding hydrogens is 392 g/mol. The van der Waals surface area contributed by atoms with Crippen molar-refractivity contribution in [1.82, 2.24) is 0 Å². The van der Waals surface area contributed by atoms with E-state index in [9.17, 15) is 4.79 Å². The molecule has 0 aliphatic heterocycles. The van der Waals surface area contributed by atoms with E-state index in [1.165, 1.54) is 0 Å². The van der Waals surface area contributed by atoms with E-state index in [1.807, 2.05) is 44.2 Å². The van der Waals surface area contributed by atoms with Crippen molar-refractivity contribution < 1.29 is 18.6 Å². The van der Waals surface area contributed by atoms with Crippen LogP contribution in [-0.2, 0) is 0 Å². The first kappa shape index (κ1) is 20.5. The molecule has 0 amide bonds. The predicted octanol–water partition coefficient (Wildman–Crippen LogP) is 6.43. The molecule has 4 rings (SSSR count). The Labute approximate surface area is 180 Å². The summed E-state index contributed by atoms with van der Waals surface area (Å²) in [5.41, 5.74) is 1.30. The average molecular weight is 416 g/mol. The zero-order chi connectivity index (χ0) is 21.8. The fourth-order valence-electron chi connectivity index (χ4n) is 3.34. The monoisotopic (exact) mass is 416 g/mol. The molecule has 0 fully saturated rings. The Morgan fingerprint density at radius 3 is 2.29 bits per heavy atom. The van der Waals surface area contributed by atoms with Gasteiger partial charge in [0.2, 0.25) is 11.2 Å². The molecule has 1 aromatic heterocycles. The van der Waals surface area contributed by atoms with Gasteiger partial charge >= 0.3 is 0 Å². The highest BCUT2D eigenvalue weighted by molar-refractivity contribution is 5.79. The van der Waals surface area contributed by atoms with Crippen molar-refractivity contribution in [1.29, 1.82) is 0 Å². The van der Waals surface area contributed by atoms with E-state index in [2.05, 4.69) is 0 Å². The molecule has 0 aliphatic carbocycles. The van der Waals surface area contributed by atoms with Gasteiger partial charge in [0, 0.05) is 6.07 Å². The number of fused-ring (bicyclic) bond motifs is 1. The van der Waals surface area contributed by atoms with E-state index >= 15 is 0 Å². The minimum absolute atomic E-state index is 0.131. The summed E-state index contributed by atoms with van der Waals surface area (Å²) in [6, 6.07) is 22.3. The van der Waals surface area contributed by atoms with Crippen molar-refractivity contribution in [2.24, 2.45) is 0 Å². The summed E-state index contributed by atoms with van der Waals surface area (Å²) in [5.74, 6) is 2.48. The highest BCUT2D eigenvalue weighted by Gasteiger charge is 2.15. The Bertz CT molecular complexity index is 1230. The Morgan fingerprint density at radius 1 is 0.903 bits per heavy atom. The molecule has 0 saturated carbocycles. The minimum atomic E-state index is -0.227. The lowest BCUT2D eigenvalue weighted by Gasteiger charge is -2.15. The molecule has 0 unspecified atom stereocenters. The summed E-state index contributed by atoms with van der Waals surface area (Å²) in [6.07, 6.45) is -0.131. The molecule has 0 bridgehead atoms. The first-order valence-corrected chi connectivity index (χ1v) is 10.2. The van der Waals surface area contributed by atoms with Gasteiger partial charge in [-0.05, 0) is 62.7 Å². The van der Waals surface area contributed by atoms with E-state index in [4.69, 9.17) is 18.6 Å². The number of hydrogen-bond acceptors (Lipinski definition) is 5. The van der Waals surface area contributed by atoms with Gasteiger partial charge in [0.05, 0.1) is 12.0 Å². The first-order chi connectivity index (χ1) is 15.0. The molecule has 4 aromatic rings. The van der Waals surface area contributed by atoms with E-state index in [1.54, 1.807) is 49.4 Å². The summed E-state index contributed by atoms with van der Waals surface area (Å²) < 4.78 is 23.2. The van der Waals surface area contributed by atoms with Crippen LogP contribution >= 0.6 is 0 Å². The molecule has 1 heterocycles. The van der Waals surface area contributed by atoms with E-state index in [-0.39, 0.29) is 17.3 Å². The van der Waals surface area contributed by atoms with Crippen LogP contribution in [0, 0.1) is 6.92 Å². The van der Waals surface area contributed by atoms with Gasteiger partial charge in [0.15, 0.2) is 0 Å². The topological polar surface area (TPSA) is 57.9 Å². The van der Waals surface area contributed by atoms with Gasteiger partial charge in [-0.1, -0.05) is 30.3 Å². The smallest absolute Gasteiger partial charge is 0.235 e. The Kier molecular flexibility index (Phi) is 5.94. The fraction of sp³-hybridized carbons (Fsp3) is 0.192. The van der Waals surface area contributed by atoms with Crippen molar-refractivity contribution in [3.05, 3.63) is 94.3 Å². The van der Waals surface area contributed by atoms with Crippen molar-refractivity contribution >= 4 is 11.0 Å². The second-order valence-electron chi connectivity index (χ2n) is 7.15. The molecule has 3 aromatic carbocycles. The maximum atomic E-state index is 13.0. The van der Waals surface area contributed by atoms with Crippen molar-refractivity contribution in [3.8, 4) is 23.0 Å². The van der Waals surface area contributed by atoms with Crippen LogP contribution in [0.15, 0.2) is 82.0 Å². The van der Waals surface area contributed by atoms with Gasteiger partial charge in [0.1, 0.15) is 34.7 Å². The van der Waals surface area contributed by atoms with Gasteiger partial charge < -0.3 is 18.6 Å². The summed E-state index contributed by atoms with van der Waals surface area (Å²) in [4.78, 5) is 13.0. The van der Waals surface area contributed by atoms with Crippen LogP contribution in [0.5, 0.6) is 23.0 Å². The molecule has 5 heteroatoms. The third-order valence-electron chi connectivity index (χ3n) is 4.92. The molecule has 1 atom stereocenters. The zero-order valence-electron chi connectivity index (χ0n) is 17.8. The largest absolute Gasteiger partial charge is 0.494 e. The molecule has 0 saturated heterocycles. The van der Waals surface area contributed by atoms with Crippen molar-refractivity contribution in [2.75, 3.05) is 6.61 Å². The highest BCUT2D eigenvalue weighted by Crippen LogP contribution is 2.29. The Morgan fingerprint density at radius 2 is 1.58 bits per heavy atom. The summed E-state index contributed by atoms with van der Waals surface area (Å²) in [6.45, 7) is 6.20. The van der Waals surface area contributed by atoms with Crippen LogP contribution in [0.25, 0.3) is 11.0 Å². The van der Waals surface area contributed by atoms with Crippen LogP contribution < -0.4 is 19.6 Å². The maximum absolute atomic E-state index is 13.0. The van der Waals surface area contributed by atoms with Gasteiger partial charge in [-0.15, -0.1) is 0 Å². The lowest BCUT2D eigenvalue weighted by atomic mass is 10.1. The lowest BCUT2D eigenvalue weighted by molar-refractivity contribution is 0.227. The molecule has 0 spiro atoms. The normalized spacial score (nSPS) is 11.8. The number of ether oxygens (including phenoxy) is 3. The minimum Gasteiger partial charge on any atom is -0.494 e. The third-order valence-corrected chi connectivity index (χ3v) is 4.92. The van der Waals surface area contributed by atoms with Gasteiger partial charge in [-0.3, -0.25) is 4.79 Å². The lowest BCUT2D eigenvalue weighted by Crippen LogP contribution is -2.08. The van der Waals surface area contributed by atoms with Crippen LogP contribution in [0.1, 0.15) is 31.3 Å². The zero-order valence-corrected chi connectivity index (χ0v) is 17.8. The van der Waals surface area contributed by atoms with Crippen LogP contribution in [-0.4, -0.2) is 6.61 Å². The Balaban J connectivity index is 1.60. The number of rotatable bonds is 7. The first-order valence-electron chi connectivity index (χ1n) is 10.2. The summed E-state index contributed by atoms with van der Waals surface area (Å²) >= 11 is 0. The fourth-order valence-corrected chi connectivity index (χ4v) is 3.34. The summed E-state index contributed by atoms with van der Waals surface area (Å²) in [5, 5.41) is 0.436. The van der Waals surface area contributed by atoms with E-state index in [0.717, 1.165) is 11.3 Å². The van der Waals surface area contributed by atoms with Gasteiger partial charge in [0.25, 0.3) is 0 Å². The SMILES string of the molecule is CCOc1ccc(Oc2c(C)oc3cc(O[C@@H](C)c4ccccc4)ccc3c2=O)cc1. The van der Waals surface area contributed by atoms with E-state index in [0.29, 0.717) is 34.8 Å². The maximum Gasteiger partial charge on any atom is 0.235 e. The van der Waals surface area contributed by atoms with Gasteiger partial charge in [-0.2, -0.15) is 0 Å². The quantitative estimate of drug-likeness (QED) is 0.347. The average Bonchev–Trinajstić information content (AvgIpc) is 2.78. The molecule has 0 aliphatic rings. The van der Waals surface area contributed by atoms with Crippen molar-refractivity contribution in [3.63, 3.8) is 0 Å². The standard InChI is InChI=1S/C26H24O5/c1-4-28-20-10-12-21(13-11-20)31-26-18(3)30-24-16-22(14-15-23(24)25(26)27)29-17(2)19-8-6-5-7-9-19/h5-17H,4H2,1-3H3/t17-/m0/s1. The molecule has 0 N–H and O–H groups in total. The molecular formula is C26H24O5. The second-order valence-corrected chi connectivity index (χ2v) is 7.15. The molecule has 158 valence electrons. The Hall–Kier alpha value is -3.73. The third kappa shape index (κ3) is 4.56. The van der Waals surface area contributed by atoms with Crippen LogP contribution in [0.2, 0.25) is 0 Å². The summed E-state index contributed by atoms with van der Waals surface area (Å²) in [7, 11) is 0. The number of hydrogen-bond donors (Lipinski definition) is 0. The second kappa shape index (κ2) is 8.96. The van der Waals surface area contributed by atoms with E-state index < -0.39 is 0 Å². The van der Waals surface area contributed by atoms with Crippen molar-refractivity contribution in [2.45, 2.75) is 26.9 Å². The number of benzene rings is 3. The van der Waals surface area contributed by atoms with Crippen LogP contribution in [0.4, 0.5) is 0 Å². The van der Waals surface area contributed by atoms with Gasteiger partial charge in [-0.25, -0.2) is 0 Å².